The lowest BCUT2D eigenvalue weighted by atomic mass is 10.2. The Hall–Kier alpha value is -1.43. The molecule has 26 heavy (non-hydrogen) atoms. The van der Waals surface area contributed by atoms with Crippen molar-refractivity contribution >= 4 is 40.3 Å². The normalized spacial score (nSPS) is 17.5. The van der Waals surface area contributed by atoms with E-state index < -0.39 is 42.1 Å². The van der Waals surface area contributed by atoms with Gasteiger partial charge in [-0.25, -0.2) is 4.39 Å². The molecule has 0 bridgehead atoms. The standard InChI is InChI=1S/C14H11F7N2OS2/c1-7-2-8(15)9(3-10(7)26-6-14(19,20)21)23-11(24)4-25-12(23)22-5-13(16,17)18/h2-3H,4-6H2,1H3/b22-12+. The molecule has 3 nitrogen and oxygen atoms in total. The minimum absolute atomic E-state index is 0.0681. The summed E-state index contributed by atoms with van der Waals surface area (Å²) in [6.07, 6.45) is -9.06. The fourth-order valence-corrected chi connectivity index (χ4v) is 3.67. The zero-order valence-corrected chi connectivity index (χ0v) is 14.7. The summed E-state index contributed by atoms with van der Waals surface area (Å²) in [5.41, 5.74) is -0.204. The molecule has 144 valence electrons. The highest BCUT2D eigenvalue weighted by molar-refractivity contribution is 8.15. The zero-order valence-electron chi connectivity index (χ0n) is 13.0. The van der Waals surface area contributed by atoms with Crippen LogP contribution >= 0.6 is 23.5 Å². The Kier molecular flexibility index (Phi) is 6.16. The van der Waals surface area contributed by atoms with E-state index in [1.54, 1.807) is 0 Å². The van der Waals surface area contributed by atoms with Crippen LogP contribution in [0.3, 0.4) is 0 Å². The summed E-state index contributed by atoms with van der Waals surface area (Å²) in [4.78, 5) is 16.0. The van der Waals surface area contributed by atoms with Crippen LogP contribution in [0.25, 0.3) is 0 Å². The maximum absolute atomic E-state index is 14.3. The first-order chi connectivity index (χ1) is 11.9. The maximum Gasteiger partial charge on any atom is 0.408 e. The van der Waals surface area contributed by atoms with Crippen LogP contribution in [-0.2, 0) is 4.79 Å². The SMILES string of the molecule is Cc1cc(F)c(N2C(=O)CS/C2=N/CC(F)(F)F)cc1SCC(F)(F)F. The lowest BCUT2D eigenvalue weighted by Gasteiger charge is -2.19. The van der Waals surface area contributed by atoms with Crippen molar-refractivity contribution in [3.05, 3.63) is 23.5 Å². The second-order valence-corrected chi connectivity index (χ2v) is 7.16. The number of hydrogen-bond donors (Lipinski definition) is 0. The summed E-state index contributed by atoms with van der Waals surface area (Å²) in [6.45, 7) is -0.160. The third kappa shape index (κ3) is 5.53. The van der Waals surface area contributed by atoms with Crippen LogP contribution in [0.5, 0.6) is 0 Å². The molecule has 1 aromatic carbocycles. The van der Waals surface area contributed by atoms with Crippen molar-refractivity contribution in [2.45, 2.75) is 24.2 Å². The van der Waals surface area contributed by atoms with Crippen molar-refractivity contribution in [2.75, 3.05) is 23.0 Å². The lowest BCUT2D eigenvalue weighted by Crippen LogP contribution is -2.31. The molecule has 0 saturated carbocycles. The molecule has 0 spiro atoms. The highest BCUT2D eigenvalue weighted by Crippen LogP contribution is 2.36. The van der Waals surface area contributed by atoms with Gasteiger partial charge in [0, 0.05) is 4.90 Å². The molecule has 1 amide bonds. The topological polar surface area (TPSA) is 32.7 Å². The molecule has 0 aromatic heterocycles. The number of carbonyl (C=O) groups is 1. The van der Waals surface area contributed by atoms with Gasteiger partial charge in [0.1, 0.15) is 12.4 Å². The number of benzene rings is 1. The van der Waals surface area contributed by atoms with Crippen LogP contribution in [0.4, 0.5) is 36.4 Å². The first-order valence-corrected chi connectivity index (χ1v) is 8.91. The number of aryl methyl sites for hydroxylation is 1. The van der Waals surface area contributed by atoms with Crippen molar-refractivity contribution in [1.29, 1.82) is 0 Å². The lowest BCUT2D eigenvalue weighted by molar-refractivity contribution is -0.118. The average molecular weight is 420 g/mol. The Morgan fingerprint density at radius 1 is 1.19 bits per heavy atom. The van der Waals surface area contributed by atoms with Crippen molar-refractivity contribution < 1.29 is 35.5 Å². The van der Waals surface area contributed by atoms with Crippen LogP contribution in [0.2, 0.25) is 0 Å². The van der Waals surface area contributed by atoms with Gasteiger partial charge in [0.25, 0.3) is 0 Å². The second kappa shape index (κ2) is 7.67. The van der Waals surface area contributed by atoms with Crippen molar-refractivity contribution in [3.8, 4) is 0 Å². The van der Waals surface area contributed by atoms with Gasteiger partial charge in [-0.1, -0.05) is 11.8 Å². The van der Waals surface area contributed by atoms with E-state index in [9.17, 15) is 35.5 Å². The molecule has 1 saturated heterocycles. The van der Waals surface area contributed by atoms with Crippen LogP contribution in [-0.4, -0.2) is 41.5 Å². The maximum atomic E-state index is 14.3. The van der Waals surface area contributed by atoms with Gasteiger partial charge >= 0.3 is 12.4 Å². The van der Waals surface area contributed by atoms with Crippen molar-refractivity contribution in [2.24, 2.45) is 4.99 Å². The molecule has 1 heterocycles. The van der Waals surface area contributed by atoms with E-state index in [1.165, 1.54) is 6.92 Å². The van der Waals surface area contributed by atoms with Gasteiger partial charge < -0.3 is 0 Å². The monoisotopic (exact) mass is 420 g/mol. The molecule has 0 aliphatic carbocycles. The Bertz CT molecular complexity index is 731. The summed E-state index contributed by atoms with van der Waals surface area (Å²) >= 11 is 1.10. The molecule has 12 heteroatoms. The number of alkyl halides is 6. The summed E-state index contributed by atoms with van der Waals surface area (Å²) in [6, 6.07) is 1.96. The number of amides is 1. The van der Waals surface area contributed by atoms with Crippen molar-refractivity contribution in [3.63, 3.8) is 0 Å². The number of amidine groups is 1. The number of carbonyl (C=O) groups excluding carboxylic acids is 1. The van der Waals surface area contributed by atoms with E-state index in [1.807, 2.05) is 0 Å². The molecule has 0 radical (unpaired) electrons. The number of nitrogens with zero attached hydrogens (tertiary/aromatic N) is 2. The second-order valence-electron chi connectivity index (χ2n) is 5.20. The van der Waals surface area contributed by atoms with E-state index in [2.05, 4.69) is 4.99 Å². The summed E-state index contributed by atoms with van der Waals surface area (Å²) in [5.74, 6) is -3.11. The predicted octanol–water partition coefficient (Wildman–Crippen LogP) is 4.79. The number of halogens is 7. The zero-order chi connectivity index (χ0) is 19.7. The van der Waals surface area contributed by atoms with Gasteiger partial charge in [-0.05, 0) is 24.6 Å². The Balaban J connectivity index is 2.37. The summed E-state index contributed by atoms with van der Waals surface area (Å²) < 4.78 is 88.5. The Morgan fingerprint density at radius 3 is 2.42 bits per heavy atom. The predicted molar refractivity (Wildman–Crippen MR) is 86.2 cm³/mol. The number of hydrogen-bond acceptors (Lipinski definition) is 4. The molecule has 0 atom stereocenters. The first kappa shape index (κ1) is 20.9. The van der Waals surface area contributed by atoms with E-state index in [-0.39, 0.29) is 21.4 Å². The molecule has 1 aromatic rings. The first-order valence-electron chi connectivity index (χ1n) is 6.94. The smallest absolute Gasteiger partial charge is 0.273 e. The Morgan fingerprint density at radius 2 is 1.85 bits per heavy atom. The highest BCUT2D eigenvalue weighted by atomic mass is 32.2. The minimum atomic E-state index is -4.61. The molecule has 1 aliphatic heterocycles. The summed E-state index contributed by atoms with van der Waals surface area (Å²) in [7, 11) is 0. The number of aliphatic imine (C=N–C) groups is 1. The molecule has 1 aliphatic rings. The quantitative estimate of drug-likeness (QED) is 0.519. The van der Waals surface area contributed by atoms with Crippen LogP contribution in [0.1, 0.15) is 5.56 Å². The van der Waals surface area contributed by atoms with Crippen molar-refractivity contribution in [1.82, 2.24) is 0 Å². The summed E-state index contributed by atoms with van der Waals surface area (Å²) in [5, 5.41) is -0.346. The van der Waals surface area contributed by atoms with Gasteiger partial charge in [-0.15, -0.1) is 11.8 Å². The molecular formula is C14H11F7N2OS2. The molecule has 2 rings (SSSR count). The highest BCUT2D eigenvalue weighted by Gasteiger charge is 2.35. The fourth-order valence-electron chi connectivity index (χ4n) is 2.00. The van der Waals surface area contributed by atoms with E-state index in [0.29, 0.717) is 28.4 Å². The van der Waals surface area contributed by atoms with Crippen LogP contribution in [0, 0.1) is 12.7 Å². The van der Waals surface area contributed by atoms with E-state index >= 15 is 0 Å². The van der Waals surface area contributed by atoms with Gasteiger partial charge in [0.15, 0.2) is 5.17 Å². The third-order valence-corrected chi connectivity index (χ3v) is 5.22. The number of rotatable bonds is 4. The van der Waals surface area contributed by atoms with Gasteiger partial charge in [0.05, 0.1) is 17.2 Å². The van der Waals surface area contributed by atoms with Crippen LogP contribution in [0.15, 0.2) is 22.0 Å². The minimum Gasteiger partial charge on any atom is -0.273 e. The molecule has 0 unspecified atom stereocenters. The third-order valence-electron chi connectivity index (χ3n) is 3.04. The molecule has 0 N–H and O–H groups in total. The van der Waals surface area contributed by atoms with Gasteiger partial charge in [-0.2, -0.15) is 26.3 Å². The van der Waals surface area contributed by atoms with Gasteiger partial charge in [-0.3, -0.25) is 14.7 Å². The molecule has 1 fully saturated rings. The number of anilines is 1. The van der Waals surface area contributed by atoms with Gasteiger partial charge in [0.2, 0.25) is 5.91 Å². The fraction of sp³-hybridized carbons (Fsp3) is 0.429. The largest absolute Gasteiger partial charge is 0.408 e. The van der Waals surface area contributed by atoms with E-state index in [4.69, 9.17) is 0 Å². The Labute approximate surface area is 152 Å². The van der Waals surface area contributed by atoms with E-state index in [0.717, 1.165) is 12.1 Å². The van der Waals surface area contributed by atoms with Crippen LogP contribution < -0.4 is 4.90 Å². The number of thioether (sulfide) groups is 2. The molecular weight excluding hydrogens is 409 g/mol. The average Bonchev–Trinajstić information content (AvgIpc) is 2.84.